The zero-order chi connectivity index (χ0) is 8.97. The van der Waals surface area contributed by atoms with Crippen LogP contribution in [0, 0.1) is 5.92 Å². The lowest BCUT2D eigenvalue weighted by Crippen LogP contribution is -2.02. The molecule has 0 saturated carbocycles. The molecule has 12 heavy (non-hydrogen) atoms. The van der Waals surface area contributed by atoms with E-state index in [1.165, 1.54) is 18.4 Å². The Kier molecular flexibility index (Phi) is 3.27. The summed E-state index contributed by atoms with van der Waals surface area (Å²) >= 11 is 0. The van der Waals surface area contributed by atoms with E-state index >= 15 is 0 Å². The lowest BCUT2D eigenvalue weighted by Gasteiger charge is -2.16. The van der Waals surface area contributed by atoms with Crippen LogP contribution < -0.4 is 0 Å². The van der Waals surface area contributed by atoms with E-state index in [1.54, 1.807) is 0 Å². The number of rotatable bonds is 2. The summed E-state index contributed by atoms with van der Waals surface area (Å²) in [6.45, 7) is 4.05. The number of aldehydes is 1. The van der Waals surface area contributed by atoms with Gasteiger partial charge < -0.3 is 0 Å². The number of hydrogen-bond donors (Lipinski definition) is 0. The fourth-order valence-corrected chi connectivity index (χ4v) is 1.55. The van der Waals surface area contributed by atoms with Gasteiger partial charge in [0, 0.05) is 0 Å². The van der Waals surface area contributed by atoms with Gasteiger partial charge in [0.1, 0.15) is 6.29 Å². The second kappa shape index (κ2) is 4.24. The van der Waals surface area contributed by atoms with Crippen LogP contribution in [0.3, 0.4) is 0 Å². The minimum absolute atomic E-state index is 0.596. The first-order valence-corrected chi connectivity index (χ1v) is 4.51. The van der Waals surface area contributed by atoms with Crippen molar-refractivity contribution in [3.63, 3.8) is 0 Å². The van der Waals surface area contributed by atoms with Crippen molar-refractivity contribution >= 4 is 6.29 Å². The molecule has 0 saturated heterocycles. The number of carbonyl (C=O) groups excluding carboxylic acids is 1. The number of allylic oxidation sites excluding steroid dienone is 4. The lowest BCUT2D eigenvalue weighted by atomic mass is 9.89. The molecule has 1 nitrogen and oxygen atoms in total. The van der Waals surface area contributed by atoms with Crippen molar-refractivity contribution in [3.8, 4) is 0 Å². The van der Waals surface area contributed by atoms with Gasteiger partial charge in [0.15, 0.2) is 0 Å². The first-order chi connectivity index (χ1) is 5.72. The van der Waals surface area contributed by atoms with Gasteiger partial charge in [-0.1, -0.05) is 17.7 Å². The Morgan fingerprint density at radius 1 is 1.67 bits per heavy atom. The first-order valence-electron chi connectivity index (χ1n) is 4.51. The molecule has 1 atom stereocenters. The molecule has 1 aliphatic carbocycles. The van der Waals surface area contributed by atoms with E-state index in [-0.39, 0.29) is 0 Å². The Morgan fingerprint density at radius 3 is 2.92 bits per heavy atom. The third-order valence-corrected chi connectivity index (χ3v) is 2.36. The van der Waals surface area contributed by atoms with Crippen LogP contribution in [0.5, 0.6) is 0 Å². The van der Waals surface area contributed by atoms with Crippen molar-refractivity contribution in [2.45, 2.75) is 33.1 Å². The van der Waals surface area contributed by atoms with Gasteiger partial charge in [-0.05, 0) is 44.6 Å². The second-order valence-corrected chi connectivity index (χ2v) is 3.61. The molecule has 1 unspecified atom stereocenters. The minimum Gasteiger partial charge on any atom is -0.298 e. The van der Waals surface area contributed by atoms with Crippen LogP contribution in [-0.4, -0.2) is 6.29 Å². The molecule has 0 amide bonds. The Labute approximate surface area is 74.2 Å². The van der Waals surface area contributed by atoms with E-state index < -0.39 is 0 Å². The summed E-state index contributed by atoms with van der Waals surface area (Å²) in [5, 5.41) is 0. The predicted molar refractivity (Wildman–Crippen MR) is 50.9 cm³/mol. The Morgan fingerprint density at radius 2 is 2.42 bits per heavy atom. The molecule has 1 rings (SSSR count). The largest absolute Gasteiger partial charge is 0.298 e. The van der Waals surface area contributed by atoms with Crippen molar-refractivity contribution < 1.29 is 4.79 Å². The highest BCUT2D eigenvalue weighted by Gasteiger charge is 2.09. The molecular weight excluding hydrogens is 148 g/mol. The molecule has 1 aliphatic rings. The van der Waals surface area contributed by atoms with Gasteiger partial charge in [0.05, 0.1) is 0 Å². The molecule has 0 bridgehead atoms. The van der Waals surface area contributed by atoms with Crippen LogP contribution in [0.25, 0.3) is 0 Å². The molecule has 0 spiro atoms. The predicted octanol–water partition coefficient (Wildman–Crippen LogP) is 2.88. The van der Waals surface area contributed by atoms with E-state index in [9.17, 15) is 4.79 Å². The third-order valence-electron chi connectivity index (χ3n) is 2.36. The number of carbonyl (C=O) groups is 1. The average molecular weight is 164 g/mol. The van der Waals surface area contributed by atoms with Crippen molar-refractivity contribution in [2.24, 2.45) is 5.92 Å². The molecule has 66 valence electrons. The topological polar surface area (TPSA) is 17.1 Å². The van der Waals surface area contributed by atoms with Crippen LogP contribution in [0.4, 0.5) is 0 Å². The Bertz CT molecular complexity index is 223. The second-order valence-electron chi connectivity index (χ2n) is 3.61. The highest BCUT2D eigenvalue weighted by Crippen LogP contribution is 2.24. The summed E-state index contributed by atoms with van der Waals surface area (Å²) in [4.78, 5) is 10.4. The summed E-state index contributed by atoms with van der Waals surface area (Å²) in [5.41, 5.74) is 2.36. The van der Waals surface area contributed by atoms with Gasteiger partial charge in [-0.25, -0.2) is 0 Å². The monoisotopic (exact) mass is 164 g/mol. The van der Waals surface area contributed by atoms with Crippen LogP contribution >= 0.6 is 0 Å². The molecule has 0 fully saturated rings. The van der Waals surface area contributed by atoms with E-state index in [0.717, 1.165) is 18.3 Å². The average Bonchev–Trinajstić information content (AvgIpc) is 2.09. The molecule has 0 radical (unpaired) electrons. The van der Waals surface area contributed by atoms with Gasteiger partial charge in [-0.3, -0.25) is 4.79 Å². The van der Waals surface area contributed by atoms with E-state index in [0.29, 0.717) is 5.92 Å². The number of hydrogen-bond acceptors (Lipinski definition) is 1. The normalized spacial score (nSPS) is 25.0. The molecule has 1 heteroatoms. The maximum atomic E-state index is 10.4. The van der Waals surface area contributed by atoms with E-state index in [1.807, 2.05) is 6.92 Å². The molecule has 0 aromatic rings. The zero-order valence-electron chi connectivity index (χ0n) is 7.84. The minimum atomic E-state index is 0.596. The molecule has 0 heterocycles. The highest BCUT2D eigenvalue weighted by molar-refractivity contribution is 5.72. The molecule has 0 aromatic heterocycles. The van der Waals surface area contributed by atoms with Crippen LogP contribution in [0.15, 0.2) is 23.3 Å². The zero-order valence-corrected chi connectivity index (χ0v) is 7.84. The van der Waals surface area contributed by atoms with Gasteiger partial charge in [0.2, 0.25) is 0 Å². The van der Waals surface area contributed by atoms with E-state index in [4.69, 9.17) is 0 Å². The van der Waals surface area contributed by atoms with Gasteiger partial charge in [-0.15, -0.1) is 0 Å². The smallest absolute Gasteiger partial charge is 0.145 e. The van der Waals surface area contributed by atoms with Gasteiger partial charge in [0.25, 0.3) is 0 Å². The summed E-state index contributed by atoms with van der Waals surface area (Å²) in [7, 11) is 0. The Balaban J connectivity index is 2.52. The maximum absolute atomic E-state index is 10.4. The van der Waals surface area contributed by atoms with Crippen LogP contribution in [-0.2, 0) is 4.79 Å². The van der Waals surface area contributed by atoms with Crippen molar-refractivity contribution in [3.05, 3.63) is 23.3 Å². The van der Waals surface area contributed by atoms with Gasteiger partial charge in [-0.2, -0.15) is 0 Å². The standard InChI is InChI=1S/C11H16O/c1-9-3-5-11(6-4-9)7-10(2)8-12/h3,7-8,11H,4-6H2,1-2H3. The highest BCUT2D eigenvalue weighted by atomic mass is 16.1. The van der Waals surface area contributed by atoms with Gasteiger partial charge >= 0.3 is 0 Å². The summed E-state index contributed by atoms with van der Waals surface area (Å²) in [6.07, 6.45) is 8.81. The van der Waals surface area contributed by atoms with Crippen LogP contribution in [0.1, 0.15) is 33.1 Å². The van der Waals surface area contributed by atoms with Crippen LogP contribution in [0.2, 0.25) is 0 Å². The fourth-order valence-electron chi connectivity index (χ4n) is 1.55. The molecular formula is C11H16O. The maximum Gasteiger partial charge on any atom is 0.145 e. The van der Waals surface area contributed by atoms with E-state index in [2.05, 4.69) is 19.1 Å². The SMILES string of the molecule is CC(C=O)=CC1CC=C(C)CC1. The quantitative estimate of drug-likeness (QED) is 0.348. The van der Waals surface area contributed by atoms with Crippen molar-refractivity contribution in [2.75, 3.05) is 0 Å². The summed E-state index contributed by atoms with van der Waals surface area (Å²) in [5.74, 6) is 0.596. The summed E-state index contributed by atoms with van der Waals surface area (Å²) < 4.78 is 0. The molecule has 0 aromatic carbocycles. The van der Waals surface area contributed by atoms with Crippen molar-refractivity contribution in [1.29, 1.82) is 0 Å². The fraction of sp³-hybridized carbons (Fsp3) is 0.545. The Hall–Kier alpha value is -0.850. The third kappa shape index (κ3) is 2.65. The molecule has 0 N–H and O–H groups in total. The first kappa shape index (κ1) is 9.24. The summed E-state index contributed by atoms with van der Waals surface area (Å²) in [6, 6.07) is 0. The lowest BCUT2D eigenvalue weighted by molar-refractivity contribution is -0.104. The van der Waals surface area contributed by atoms with Crippen molar-refractivity contribution in [1.82, 2.24) is 0 Å². The molecule has 0 aliphatic heterocycles.